The van der Waals surface area contributed by atoms with Crippen LogP contribution in [0.3, 0.4) is 0 Å². The second kappa shape index (κ2) is 15.2. The molecule has 7 heteroatoms. The summed E-state index contributed by atoms with van der Waals surface area (Å²) in [5.41, 5.74) is 1.45. The van der Waals surface area contributed by atoms with Gasteiger partial charge in [0.15, 0.2) is 17.3 Å². The molecule has 0 amide bonds. The normalized spacial score (nSPS) is 19.9. The number of rotatable bonds is 14. The van der Waals surface area contributed by atoms with Gasteiger partial charge in [-0.2, -0.15) is 0 Å². The molecule has 0 radical (unpaired) electrons. The van der Waals surface area contributed by atoms with Crippen LogP contribution in [0.15, 0.2) is 42.5 Å². The fourth-order valence-electron chi connectivity index (χ4n) is 5.77. The van der Waals surface area contributed by atoms with Gasteiger partial charge in [-0.3, -0.25) is 14.5 Å². The molecule has 2 heterocycles. The van der Waals surface area contributed by atoms with Crippen LogP contribution in [0, 0.1) is 5.92 Å². The van der Waals surface area contributed by atoms with Crippen molar-refractivity contribution < 1.29 is 28.9 Å². The summed E-state index contributed by atoms with van der Waals surface area (Å²) in [6.07, 6.45) is 5.09. The Bertz CT molecular complexity index is 1090. The lowest BCUT2D eigenvalue weighted by atomic mass is 9.88. The highest BCUT2D eigenvalue weighted by Gasteiger charge is 2.33. The van der Waals surface area contributed by atoms with Crippen LogP contribution in [-0.4, -0.2) is 60.5 Å². The summed E-state index contributed by atoms with van der Waals surface area (Å²) in [4.78, 5) is 28.0. The number of methoxy groups -OCH3 is 1. The average molecular weight is 554 g/mol. The summed E-state index contributed by atoms with van der Waals surface area (Å²) in [5, 5.41) is 11.5. The zero-order valence-electron chi connectivity index (χ0n) is 23.6. The molecule has 0 bridgehead atoms. The van der Waals surface area contributed by atoms with Gasteiger partial charge in [-0.05, 0) is 81.5 Å². The fourth-order valence-corrected chi connectivity index (χ4v) is 5.77. The molecular weight excluding hydrogens is 506 g/mol. The van der Waals surface area contributed by atoms with Crippen LogP contribution in [-0.2, 0) is 4.79 Å². The first kappa shape index (κ1) is 31.6. The summed E-state index contributed by atoms with van der Waals surface area (Å²) in [5.74, 6) is 2.14. The van der Waals surface area contributed by atoms with Gasteiger partial charge in [0.1, 0.15) is 24.7 Å². The first-order valence-electron chi connectivity index (χ1n) is 14.4. The van der Waals surface area contributed by atoms with Gasteiger partial charge in [-0.25, -0.2) is 0 Å². The number of nitrogens with zero attached hydrogens (tertiary/aromatic N) is 1. The SMILES string of the molecule is C.COc1ccc(C(=O)CCCCCC(=O)C[C@H](CN2[C@H](C)CC[C@H]2C)[C@H](O)c2ccc3c(c2)OCCO3)cc1. The van der Waals surface area contributed by atoms with Crippen LogP contribution >= 0.6 is 0 Å². The van der Waals surface area contributed by atoms with Crippen LogP contribution in [0.5, 0.6) is 17.2 Å². The minimum absolute atomic E-state index is 0. The largest absolute Gasteiger partial charge is 0.497 e. The summed E-state index contributed by atoms with van der Waals surface area (Å²) < 4.78 is 16.5. The molecule has 1 saturated heterocycles. The molecule has 4 atom stereocenters. The number of Topliss-reactive ketones (excluding diaryl/α,β-unsaturated/α-hetero) is 2. The quantitative estimate of drug-likeness (QED) is 0.213. The minimum Gasteiger partial charge on any atom is -0.497 e. The highest BCUT2D eigenvalue weighted by Crippen LogP contribution is 2.37. The molecule has 0 aliphatic carbocycles. The number of likely N-dealkylation sites (tertiary alicyclic amines) is 1. The Labute approximate surface area is 239 Å². The van der Waals surface area contributed by atoms with E-state index in [4.69, 9.17) is 14.2 Å². The molecule has 4 rings (SSSR count). The highest BCUT2D eigenvalue weighted by atomic mass is 16.6. The number of ether oxygens (including phenoxy) is 3. The summed E-state index contributed by atoms with van der Waals surface area (Å²) in [7, 11) is 1.60. The fraction of sp³-hybridized carbons (Fsp3) is 0.576. The zero-order valence-corrected chi connectivity index (χ0v) is 23.6. The van der Waals surface area contributed by atoms with E-state index in [1.807, 2.05) is 18.2 Å². The van der Waals surface area contributed by atoms with E-state index in [1.54, 1.807) is 31.4 Å². The van der Waals surface area contributed by atoms with E-state index in [2.05, 4.69) is 18.7 Å². The number of carbonyl (C=O) groups is 2. The topological polar surface area (TPSA) is 85.3 Å². The lowest BCUT2D eigenvalue weighted by molar-refractivity contribution is -0.121. The third-order valence-electron chi connectivity index (χ3n) is 8.20. The lowest BCUT2D eigenvalue weighted by Crippen LogP contribution is -2.39. The maximum atomic E-state index is 13.1. The van der Waals surface area contributed by atoms with Crippen LogP contribution in [0.4, 0.5) is 0 Å². The molecule has 2 aliphatic heterocycles. The monoisotopic (exact) mass is 553 g/mol. The van der Waals surface area contributed by atoms with Gasteiger partial charge in [-0.15, -0.1) is 0 Å². The predicted octanol–water partition coefficient (Wildman–Crippen LogP) is 6.42. The number of benzene rings is 2. The van der Waals surface area contributed by atoms with Gasteiger partial charge in [0.25, 0.3) is 0 Å². The van der Waals surface area contributed by atoms with Crippen LogP contribution in [0.25, 0.3) is 0 Å². The molecule has 0 aromatic heterocycles. The van der Waals surface area contributed by atoms with E-state index in [0.29, 0.717) is 68.2 Å². The number of carbonyl (C=O) groups excluding carboxylic acids is 2. The van der Waals surface area contributed by atoms with Crippen molar-refractivity contribution in [2.45, 2.75) is 90.8 Å². The highest BCUT2D eigenvalue weighted by molar-refractivity contribution is 5.96. The third kappa shape index (κ3) is 8.31. The zero-order chi connectivity index (χ0) is 27.8. The van der Waals surface area contributed by atoms with Crippen LogP contribution in [0.1, 0.15) is 94.7 Å². The Morgan fingerprint density at radius 3 is 2.27 bits per heavy atom. The minimum atomic E-state index is -0.771. The first-order chi connectivity index (χ1) is 18.9. The Balaban J connectivity index is 0.00000441. The van der Waals surface area contributed by atoms with Crippen molar-refractivity contribution in [3.05, 3.63) is 53.6 Å². The maximum absolute atomic E-state index is 13.1. The summed E-state index contributed by atoms with van der Waals surface area (Å²) in [6.45, 7) is 6.15. The molecule has 220 valence electrons. The average Bonchev–Trinajstić information content (AvgIpc) is 3.28. The predicted molar refractivity (Wildman–Crippen MR) is 158 cm³/mol. The molecule has 0 unspecified atom stereocenters. The molecule has 1 fully saturated rings. The molecule has 2 aromatic rings. The Hall–Kier alpha value is -2.90. The third-order valence-corrected chi connectivity index (χ3v) is 8.20. The molecule has 2 aliphatic rings. The van der Waals surface area contributed by atoms with E-state index in [9.17, 15) is 14.7 Å². The van der Waals surface area contributed by atoms with E-state index < -0.39 is 6.10 Å². The van der Waals surface area contributed by atoms with Gasteiger partial charge in [0.05, 0.1) is 13.2 Å². The van der Waals surface area contributed by atoms with Crippen molar-refractivity contribution in [3.63, 3.8) is 0 Å². The molecule has 7 nitrogen and oxygen atoms in total. The first-order valence-corrected chi connectivity index (χ1v) is 14.4. The number of aliphatic hydroxyl groups is 1. The van der Waals surface area contributed by atoms with Crippen molar-refractivity contribution in [1.29, 1.82) is 0 Å². The number of aliphatic hydroxyl groups excluding tert-OH is 1. The molecule has 2 aromatic carbocycles. The second-order valence-electron chi connectivity index (χ2n) is 11.0. The molecular formula is C33H47NO6. The number of hydrogen-bond acceptors (Lipinski definition) is 7. The molecule has 1 N–H and O–H groups in total. The standard InChI is InChI=1S/C32H43NO6.CH4/c1-22-9-10-23(2)33(22)21-26(32(36)25-13-16-30-31(20-25)39-18-17-38-30)19-27(34)7-5-4-6-8-29(35)24-11-14-28(37-3)15-12-24;/h11-16,20,22-23,26,32,36H,4-10,17-19,21H2,1-3H3;1H4/t22-,23-,26-,32-;/m1./s1. The van der Waals surface area contributed by atoms with E-state index in [-0.39, 0.29) is 24.9 Å². The Morgan fingerprint density at radius 1 is 0.950 bits per heavy atom. The Morgan fingerprint density at radius 2 is 1.60 bits per heavy atom. The van der Waals surface area contributed by atoms with Crippen LogP contribution < -0.4 is 14.2 Å². The second-order valence-corrected chi connectivity index (χ2v) is 11.0. The van der Waals surface area contributed by atoms with Crippen molar-refractivity contribution in [2.75, 3.05) is 26.9 Å². The van der Waals surface area contributed by atoms with E-state index in [1.165, 1.54) is 0 Å². The smallest absolute Gasteiger partial charge is 0.162 e. The molecule has 0 spiro atoms. The molecule has 0 saturated carbocycles. The van der Waals surface area contributed by atoms with Gasteiger partial charge in [0.2, 0.25) is 0 Å². The van der Waals surface area contributed by atoms with Gasteiger partial charge >= 0.3 is 0 Å². The van der Waals surface area contributed by atoms with E-state index >= 15 is 0 Å². The van der Waals surface area contributed by atoms with Crippen molar-refractivity contribution in [3.8, 4) is 17.2 Å². The lowest BCUT2D eigenvalue weighted by Gasteiger charge is -2.33. The maximum Gasteiger partial charge on any atom is 0.162 e. The Kier molecular flexibility index (Phi) is 12.0. The number of unbranched alkanes of at least 4 members (excludes halogenated alkanes) is 2. The van der Waals surface area contributed by atoms with Gasteiger partial charge in [-0.1, -0.05) is 19.9 Å². The van der Waals surface area contributed by atoms with Gasteiger partial charge < -0.3 is 19.3 Å². The van der Waals surface area contributed by atoms with Crippen molar-refractivity contribution in [2.24, 2.45) is 5.92 Å². The summed E-state index contributed by atoms with van der Waals surface area (Å²) in [6, 6.07) is 13.6. The van der Waals surface area contributed by atoms with Crippen LogP contribution in [0.2, 0.25) is 0 Å². The van der Waals surface area contributed by atoms with Crippen molar-refractivity contribution in [1.82, 2.24) is 4.90 Å². The van der Waals surface area contributed by atoms with Crippen molar-refractivity contribution >= 4 is 11.6 Å². The number of ketones is 2. The molecule has 40 heavy (non-hydrogen) atoms. The summed E-state index contributed by atoms with van der Waals surface area (Å²) >= 11 is 0. The number of hydrogen-bond donors (Lipinski definition) is 1. The van der Waals surface area contributed by atoms with Gasteiger partial charge in [0, 0.05) is 49.4 Å². The number of fused-ring (bicyclic) bond motifs is 1. The van der Waals surface area contributed by atoms with E-state index in [0.717, 1.165) is 43.4 Å².